The summed E-state index contributed by atoms with van der Waals surface area (Å²) in [6, 6.07) is 13.9. The highest BCUT2D eigenvalue weighted by Crippen LogP contribution is 2.46. The zero-order valence-electron chi connectivity index (χ0n) is 23.8. The van der Waals surface area contributed by atoms with E-state index in [-0.39, 0.29) is 0 Å². The summed E-state index contributed by atoms with van der Waals surface area (Å²) < 4.78 is 0. The molecule has 208 valence electrons. The molecule has 0 saturated heterocycles. The zero-order valence-corrected chi connectivity index (χ0v) is 27.9. The highest BCUT2D eigenvalue weighted by atomic mass is 32.2. The van der Waals surface area contributed by atoms with Gasteiger partial charge in [-0.3, -0.25) is 0 Å². The van der Waals surface area contributed by atoms with Crippen molar-refractivity contribution >= 4 is 58.8 Å². The largest absolute Gasteiger partial charge is 0.125 e. The van der Waals surface area contributed by atoms with Crippen LogP contribution >= 0.6 is 58.8 Å². The Hall–Kier alpha value is 0.190. The van der Waals surface area contributed by atoms with Crippen molar-refractivity contribution in [1.82, 2.24) is 0 Å². The van der Waals surface area contributed by atoms with Gasteiger partial charge in [-0.05, 0) is 60.1 Å². The first kappa shape index (κ1) is 33.4. The molecule has 0 aliphatic rings. The van der Waals surface area contributed by atoms with Gasteiger partial charge in [-0.1, -0.05) is 116 Å². The van der Waals surface area contributed by atoms with E-state index in [9.17, 15) is 0 Å². The van der Waals surface area contributed by atoms with Gasteiger partial charge in [0.2, 0.25) is 0 Å². The van der Waals surface area contributed by atoms with Crippen LogP contribution in [0.3, 0.4) is 0 Å². The average molecular weight is 595 g/mol. The van der Waals surface area contributed by atoms with Crippen LogP contribution in [0.1, 0.15) is 105 Å². The maximum absolute atomic E-state index is 2.36. The first-order chi connectivity index (χ1) is 18.2. The molecular weight excluding hydrogens is 545 g/mol. The Labute approximate surface area is 250 Å². The summed E-state index contributed by atoms with van der Waals surface area (Å²) in [6.07, 6.45) is 16.4. The first-order valence-corrected chi connectivity index (χ1v) is 19.5. The van der Waals surface area contributed by atoms with Crippen molar-refractivity contribution in [3.05, 3.63) is 36.4 Å². The van der Waals surface area contributed by atoms with Gasteiger partial charge in [0, 0.05) is 29.4 Å². The fraction of sp³-hybridized carbons (Fsp3) is 0.625. The lowest BCUT2D eigenvalue weighted by Gasteiger charge is -2.17. The zero-order chi connectivity index (χ0) is 26.6. The lowest BCUT2D eigenvalue weighted by atomic mass is 10.1. The normalized spacial score (nSPS) is 11.4. The summed E-state index contributed by atoms with van der Waals surface area (Å²) in [6.45, 7) is 9.14. The molecule has 0 bridgehead atoms. The second-order valence-electron chi connectivity index (χ2n) is 9.37. The smallest absolute Gasteiger partial charge is 0.0348 e. The van der Waals surface area contributed by atoms with E-state index in [4.69, 9.17) is 0 Å². The summed E-state index contributed by atoms with van der Waals surface area (Å²) in [4.78, 5) is 8.82. The maximum Gasteiger partial charge on any atom is 0.0348 e. The summed E-state index contributed by atoms with van der Waals surface area (Å²) in [7, 11) is 0. The van der Waals surface area contributed by atoms with Crippen LogP contribution in [0.25, 0.3) is 0 Å². The molecule has 0 aliphatic heterocycles. The van der Waals surface area contributed by atoms with Crippen molar-refractivity contribution in [3.8, 4) is 0 Å². The molecule has 0 radical (unpaired) electrons. The van der Waals surface area contributed by atoms with Gasteiger partial charge in [0.05, 0.1) is 0 Å². The maximum atomic E-state index is 2.36. The highest BCUT2D eigenvalue weighted by molar-refractivity contribution is 8.05. The molecule has 5 heteroatoms. The van der Waals surface area contributed by atoms with E-state index in [1.54, 1.807) is 0 Å². The van der Waals surface area contributed by atoms with E-state index >= 15 is 0 Å². The SMILES string of the molecule is CCCCCCCCSc1c(SCC)cccc1Sc1cccc(SCC)c1SCCCCCCCC. The summed E-state index contributed by atoms with van der Waals surface area (Å²) in [5, 5.41) is 0. The molecule has 0 N–H and O–H groups in total. The molecule has 0 nitrogen and oxygen atoms in total. The van der Waals surface area contributed by atoms with Crippen LogP contribution in [-0.2, 0) is 0 Å². The van der Waals surface area contributed by atoms with Gasteiger partial charge in [-0.25, -0.2) is 0 Å². The molecule has 37 heavy (non-hydrogen) atoms. The van der Waals surface area contributed by atoms with Crippen LogP contribution < -0.4 is 0 Å². The van der Waals surface area contributed by atoms with Crippen molar-refractivity contribution in [3.63, 3.8) is 0 Å². The summed E-state index contributed by atoms with van der Waals surface area (Å²) in [5.41, 5.74) is 0. The van der Waals surface area contributed by atoms with E-state index in [1.807, 2.05) is 35.3 Å². The lowest BCUT2D eigenvalue weighted by molar-refractivity contribution is 0.627. The Kier molecular flexibility index (Phi) is 19.8. The Balaban J connectivity index is 2.12. The Morgan fingerprint density at radius 1 is 0.432 bits per heavy atom. The molecule has 2 aromatic carbocycles. The Morgan fingerprint density at radius 2 is 0.811 bits per heavy atom. The number of unbranched alkanes of at least 4 members (excludes halogenated alkanes) is 10. The topological polar surface area (TPSA) is 0 Å². The molecule has 0 fully saturated rings. The van der Waals surface area contributed by atoms with Crippen molar-refractivity contribution in [2.45, 2.75) is 134 Å². The van der Waals surface area contributed by atoms with Gasteiger partial charge in [-0.2, -0.15) is 0 Å². The standard InChI is InChI=1S/C32H50S5/c1-5-9-11-13-15-17-25-35-31-27(33-7-3)21-19-23-29(31)37-30-24-20-22-28(34-8-4)32(30)36-26-18-16-14-12-10-6-2/h19-24H,5-18,25-26H2,1-4H3. The monoisotopic (exact) mass is 594 g/mol. The second-order valence-corrected chi connectivity index (χ2v) is 15.3. The second kappa shape index (κ2) is 21.9. The molecular formula is C32H50S5. The molecule has 2 rings (SSSR count). The van der Waals surface area contributed by atoms with Crippen molar-refractivity contribution in [2.24, 2.45) is 0 Å². The average Bonchev–Trinajstić information content (AvgIpc) is 2.90. The Morgan fingerprint density at radius 3 is 1.22 bits per heavy atom. The quantitative estimate of drug-likeness (QED) is 0.0979. The van der Waals surface area contributed by atoms with E-state index < -0.39 is 0 Å². The third-order valence-corrected chi connectivity index (χ3v) is 12.2. The van der Waals surface area contributed by atoms with E-state index in [0.717, 1.165) is 11.5 Å². The number of thioether (sulfide) groups is 4. The van der Waals surface area contributed by atoms with Crippen LogP contribution in [0.4, 0.5) is 0 Å². The molecule has 0 aromatic heterocycles. The van der Waals surface area contributed by atoms with Crippen LogP contribution in [-0.4, -0.2) is 23.0 Å². The third kappa shape index (κ3) is 13.4. The number of benzene rings is 2. The molecule has 2 aromatic rings. The number of hydrogen-bond acceptors (Lipinski definition) is 5. The first-order valence-electron chi connectivity index (χ1n) is 14.7. The predicted molar refractivity (Wildman–Crippen MR) is 178 cm³/mol. The third-order valence-electron chi connectivity index (χ3n) is 6.19. The molecule has 0 spiro atoms. The van der Waals surface area contributed by atoms with Gasteiger partial charge in [0.15, 0.2) is 0 Å². The van der Waals surface area contributed by atoms with Crippen molar-refractivity contribution in [1.29, 1.82) is 0 Å². The van der Waals surface area contributed by atoms with Gasteiger partial charge in [0.25, 0.3) is 0 Å². The van der Waals surface area contributed by atoms with Gasteiger partial charge in [0.1, 0.15) is 0 Å². The summed E-state index contributed by atoms with van der Waals surface area (Å²) >= 11 is 10.2. The van der Waals surface area contributed by atoms with Crippen LogP contribution in [0.2, 0.25) is 0 Å². The minimum Gasteiger partial charge on any atom is -0.125 e. The van der Waals surface area contributed by atoms with Crippen molar-refractivity contribution < 1.29 is 0 Å². The van der Waals surface area contributed by atoms with E-state index in [2.05, 4.69) is 87.6 Å². The minimum absolute atomic E-state index is 1.13. The fourth-order valence-electron chi connectivity index (χ4n) is 4.21. The fourth-order valence-corrected chi connectivity index (χ4v) is 9.98. The molecule has 0 unspecified atom stereocenters. The molecule has 0 aliphatic carbocycles. The predicted octanol–water partition coefficient (Wildman–Crippen LogP) is 13.0. The van der Waals surface area contributed by atoms with Crippen LogP contribution in [0.5, 0.6) is 0 Å². The van der Waals surface area contributed by atoms with Crippen LogP contribution in [0.15, 0.2) is 65.8 Å². The number of rotatable bonds is 22. The lowest BCUT2D eigenvalue weighted by Crippen LogP contribution is -1.91. The highest BCUT2D eigenvalue weighted by Gasteiger charge is 2.15. The molecule has 0 saturated carbocycles. The molecule has 0 atom stereocenters. The molecule has 0 amide bonds. The minimum atomic E-state index is 1.13. The number of hydrogen-bond donors (Lipinski definition) is 0. The Bertz CT molecular complexity index is 782. The van der Waals surface area contributed by atoms with Gasteiger partial charge < -0.3 is 0 Å². The summed E-state index contributed by atoms with van der Waals surface area (Å²) in [5.74, 6) is 4.71. The van der Waals surface area contributed by atoms with Gasteiger partial charge >= 0.3 is 0 Å². The van der Waals surface area contributed by atoms with Gasteiger partial charge in [-0.15, -0.1) is 47.0 Å². The van der Waals surface area contributed by atoms with Crippen molar-refractivity contribution in [2.75, 3.05) is 23.0 Å². The molecule has 0 heterocycles. The van der Waals surface area contributed by atoms with Crippen LogP contribution in [0, 0.1) is 0 Å². The van der Waals surface area contributed by atoms with E-state index in [0.29, 0.717) is 0 Å². The van der Waals surface area contributed by atoms with E-state index in [1.165, 1.54) is 118 Å².